The molecule has 0 aromatic heterocycles. The first-order chi connectivity index (χ1) is 23.4. The van der Waals surface area contributed by atoms with Crippen LogP contribution in [-0.2, 0) is 6.42 Å². The zero-order valence-corrected chi connectivity index (χ0v) is 23.5. The fraction of sp³-hybridized carbons (Fsp3) is 0.0698. The summed E-state index contributed by atoms with van der Waals surface area (Å²) in [6, 6.07) is 36.9. The highest BCUT2D eigenvalue weighted by molar-refractivity contribution is 6.21. The molecule has 0 nitrogen and oxygen atoms in total. The van der Waals surface area contributed by atoms with E-state index < -0.39 is 0 Å². The molecule has 0 bridgehead atoms. The third-order valence-electron chi connectivity index (χ3n) is 9.44. The minimum absolute atomic E-state index is 0.188. The van der Waals surface area contributed by atoms with Crippen LogP contribution in [0.4, 0.5) is 0 Å². The molecule has 0 heterocycles. The van der Waals surface area contributed by atoms with Crippen LogP contribution >= 0.6 is 0 Å². The predicted molar refractivity (Wildman–Crippen MR) is 183 cm³/mol. The van der Waals surface area contributed by atoms with Crippen LogP contribution < -0.4 is 0 Å². The topological polar surface area (TPSA) is 0 Å². The maximum absolute atomic E-state index is 8.85. The maximum atomic E-state index is 8.85. The lowest BCUT2D eigenvalue weighted by atomic mass is 9.78. The van der Waals surface area contributed by atoms with E-state index in [9.17, 15) is 0 Å². The highest BCUT2D eigenvalue weighted by atomic mass is 14.4. The molecule has 0 N–H and O–H groups in total. The van der Waals surface area contributed by atoms with Gasteiger partial charge >= 0.3 is 0 Å². The Morgan fingerprint density at radius 1 is 0.581 bits per heavy atom. The Balaban J connectivity index is 1.24. The molecule has 0 saturated heterocycles. The van der Waals surface area contributed by atoms with Crippen molar-refractivity contribution in [2.45, 2.75) is 12.3 Å². The van der Waals surface area contributed by atoms with Crippen LogP contribution in [0.2, 0.25) is 0 Å². The Hall–Kier alpha value is -5.20. The molecule has 9 rings (SSSR count). The van der Waals surface area contributed by atoms with Gasteiger partial charge in [-0.3, -0.25) is 0 Å². The summed E-state index contributed by atoms with van der Waals surface area (Å²) in [4.78, 5) is 0. The minimum Gasteiger partial charge on any atom is -0.0764 e. The zero-order valence-electron chi connectivity index (χ0n) is 28.5. The molecule has 0 radical (unpaired) electrons. The highest BCUT2D eigenvalue weighted by Crippen LogP contribution is 2.51. The first kappa shape index (κ1) is 19.8. The Labute approximate surface area is 259 Å². The second kappa shape index (κ2) is 9.68. The normalized spacial score (nSPS) is 18.9. The molecule has 0 heteroatoms. The summed E-state index contributed by atoms with van der Waals surface area (Å²) in [6.07, 6.45) is 7.86. The molecule has 202 valence electrons. The SMILES string of the molecule is [2H]c1c([2H])c([2H])c(-c2c3ccccc3c(-c3ccc4c(c3)C3C=CC=C(c5cccc6ccccc56)C3C4)c3ccccc23)c([2H])c1[2H]. The van der Waals surface area contributed by atoms with E-state index in [4.69, 9.17) is 6.85 Å². The quantitative estimate of drug-likeness (QED) is 0.192. The summed E-state index contributed by atoms with van der Waals surface area (Å²) in [7, 11) is 0. The van der Waals surface area contributed by atoms with Crippen molar-refractivity contribution in [1.82, 2.24) is 0 Å². The van der Waals surface area contributed by atoms with Gasteiger partial charge in [-0.05, 0) is 89.2 Å². The van der Waals surface area contributed by atoms with Gasteiger partial charge in [0.25, 0.3) is 0 Å². The van der Waals surface area contributed by atoms with Crippen molar-refractivity contribution in [2.75, 3.05) is 0 Å². The van der Waals surface area contributed by atoms with Crippen LogP contribution in [0, 0.1) is 5.92 Å². The smallest absolute Gasteiger partial charge is 0.0629 e. The zero-order chi connectivity index (χ0) is 32.7. The molecule has 43 heavy (non-hydrogen) atoms. The molecule has 0 spiro atoms. The number of hydrogen-bond donors (Lipinski definition) is 0. The minimum atomic E-state index is -0.384. The van der Waals surface area contributed by atoms with E-state index in [-0.39, 0.29) is 41.7 Å². The molecule has 2 aliphatic rings. The summed E-state index contributed by atoms with van der Waals surface area (Å²) in [6.45, 7) is 0. The molecular weight excluding hydrogens is 516 g/mol. The Bertz CT molecular complexity index is 2470. The van der Waals surface area contributed by atoms with Crippen LogP contribution in [0.25, 0.3) is 60.1 Å². The molecule has 0 aliphatic heterocycles. The third-order valence-corrected chi connectivity index (χ3v) is 9.44. The number of rotatable bonds is 3. The van der Waals surface area contributed by atoms with Gasteiger partial charge in [0.05, 0.1) is 6.85 Å². The van der Waals surface area contributed by atoms with Crippen LogP contribution in [0.15, 0.2) is 158 Å². The lowest BCUT2D eigenvalue weighted by Crippen LogP contribution is -2.11. The molecule has 2 unspecified atom stereocenters. The van der Waals surface area contributed by atoms with E-state index in [0.29, 0.717) is 11.5 Å². The number of allylic oxidation sites excluding steroid dienone is 4. The Morgan fingerprint density at radius 3 is 1.93 bits per heavy atom. The van der Waals surface area contributed by atoms with Gasteiger partial charge < -0.3 is 0 Å². The van der Waals surface area contributed by atoms with Gasteiger partial charge in [0, 0.05) is 5.92 Å². The molecule has 7 aromatic carbocycles. The monoisotopic (exact) mass is 551 g/mol. The number of hydrogen-bond acceptors (Lipinski definition) is 0. The van der Waals surface area contributed by atoms with Crippen LogP contribution in [-0.4, -0.2) is 0 Å². The van der Waals surface area contributed by atoms with Gasteiger partial charge in [-0.15, -0.1) is 0 Å². The van der Waals surface area contributed by atoms with Crippen molar-refractivity contribution < 1.29 is 6.85 Å². The fourth-order valence-corrected chi connectivity index (χ4v) is 7.62. The summed E-state index contributed by atoms with van der Waals surface area (Å²) in [5.41, 5.74) is 8.52. The highest BCUT2D eigenvalue weighted by Gasteiger charge is 2.35. The number of benzene rings is 7. The molecule has 2 atom stereocenters. The van der Waals surface area contributed by atoms with Gasteiger partial charge in [0.1, 0.15) is 0 Å². The summed E-state index contributed by atoms with van der Waals surface area (Å²) >= 11 is 0. The predicted octanol–water partition coefficient (Wildman–Crippen LogP) is 11.4. The van der Waals surface area contributed by atoms with E-state index >= 15 is 0 Å². The van der Waals surface area contributed by atoms with E-state index in [1.807, 2.05) is 36.4 Å². The molecule has 0 amide bonds. The van der Waals surface area contributed by atoms with Crippen molar-refractivity contribution in [3.63, 3.8) is 0 Å². The lowest BCUT2D eigenvalue weighted by molar-refractivity contribution is 0.650. The molecule has 0 fully saturated rings. The molecule has 0 saturated carbocycles. The van der Waals surface area contributed by atoms with Gasteiger partial charge in [0.15, 0.2) is 0 Å². The van der Waals surface area contributed by atoms with Crippen LogP contribution in [0.3, 0.4) is 0 Å². The van der Waals surface area contributed by atoms with Crippen molar-refractivity contribution in [2.24, 2.45) is 5.92 Å². The first-order valence-corrected chi connectivity index (χ1v) is 14.9. The number of fused-ring (bicyclic) bond motifs is 6. The lowest BCUT2D eigenvalue weighted by Gasteiger charge is -2.25. The van der Waals surface area contributed by atoms with Gasteiger partial charge in [0.2, 0.25) is 0 Å². The third kappa shape index (κ3) is 3.76. The van der Waals surface area contributed by atoms with Crippen molar-refractivity contribution in [3.8, 4) is 22.3 Å². The average molecular weight is 552 g/mol. The second-order valence-electron chi connectivity index (χ2n) is 11.6. The van der Waals surface area contributed by atoms with E-state index in [1.54, 1.807) is 0 Å². The standard InChI is InChI=1S/C43H30/c1-2-13-29(14-3-1)42-36-17-6-8-19-38(36)43(39-20-9-7-18-37(39)42)31-25-24-30-26-41-34(22-11-23-35(41)40(30)27-31)33-21-10-15-28-12-4-5-16-32(28)33/h1-25,27,35,41H,26H2/i1D,2D,3D,13D,14D. The largest absolute Gasteiger partial charge is 0.0764 e. The fourth-order valence-electron chi connectivity index (χ4n) is 7.62. The average Bonchev–Trinajstić information content (AvgIpc) is 3.51. The van der Waals surface area contributed by atoms with E-state index in [1.165, 1.54) is 33.0 Å². The maximum Gasteiger partial charge on any atom is 0.0629 e. The second-order valence-corrected chi connectivity index (χ2v) is 11.6. The van der Waals surface area contributed by atoms with Crippen LogP contribution in [0.5, 0.6) is 0 Å². The summed E-state index contributed by atoms with van der Waals surface area (Å²) in [5.74, 6) is 0.618. The van der Waals surface area contributed by atoms with E-state index in [2.05, 4.69) is 91.0 Å². The first-order valence-electron chi connectivity index (χ1n) is 17.4. The van der Waals surface area contributed by atoms with Gasteiger partial charge in [-0.1, -0.05) is 158 Å². The Kier molecular flexibility index (Phi) is 4.47. The molecule has 7 aromatic rings. The van der Waals surface area contributed by atoms with E-state index in [0.717, 1.165) is 39.1 Å². The van der Waals surface area contributed by atoms with Crippen molar-refractivity contribution in [3.05, 3.63) is 174 Å². The summed E-state index contributed by atoms with van der Waals surface area (Å²) < 4.78 is 42.7. The van der Waals surface area contributed by atoms with Crippen LogP contribution in [0.1, 0.15) is 29.5 Å². The molecule has 2 aliphatic carbocycles. The molecular formula is C43H30. The van der Waals surface area contributed by atoms with Gasteiger partial charge in [-0.2, -0.15) is 0 Å². The van der Waals surface area contributed by atoms with Crippen molar-refractivity contribution in [1.29, 1.82) is 0 Å². The van der Waals surface area contributed by atoms with Crippen molar-refractivity contribution >= 4 is 37.9 Å². The summed E-state index contributed by atoms with van der Waals surface area (Å²) in [5, 5.41) is 6.24. The Morgan fingerprint density at radius 2 is 1.21 bits per heavy atom. The van der Waals surface area contributed by atoms with Gasteiger partial charge in [-0.25, -0.2) is 0 Å².